The van der Waals surface area contributed by atoms with Crippen molar-refractivity contribution in [3.05, 3.63) is 105 Å². The number of nitrogens with zero attached hydrogens (tertiary/aromatic N) is 3. The van der Waals surface area contributed by atoms with Gasteiger partial charge >= 0.3 is 0 Å². The van der Waals surface area contributed by atoms with Gasteiger partial charge in [-0.25, -0.2) is 4.98 Å². The number of aromatic nitrogens is 2. The summed E-state index contributed by atoms with van der Waals surface area (Å²) < 4.78 is 1.59. The molecule has 0 radical (unpaired) electrons. The molecule has 0 aliphatic rings. The van der Waals surface area contributed by atoms with E-state index in [0.29, 0.717) is 32.7 Å². The first-order valence-electron chi connectivity index (χ1n) is 9.53. The number of pyridine rings is 1. The van der Waals surface area contributed by atoms with Crippen LogP contribution in [0.5, 0.6) is 0 Å². The lowest BCUT2D eigenvalue weighted by molar-refractivity contribution is 1.18. The van der Waals surface area contributed by atoms with Crippen LogP contribution < -0.4 is 21.8 Å². The molecule has 0 amide bonds. The van der Waals surface area contributed by atoms with Gasteiger partial charge in [-0.3, -0.25) is 19.4 Å². The quantitative estimate of drug-likeness (QED) is 0.460. The normalized spacial score (nSPS) is 12.5. The summed E-state index contributed by atoms with van der Waals surface area (Å²) in [6.45, 7) is 0. The van der Waals surface area contributed by atoms with E-state index in [-0.39, 0.29) is 16.3 Å². The average Bonchev–Trinajstić information content (AvgIpc) is 3.17. The highest BCUT2D eigenvalue weighted by Gasteiger charge is 2.17. The number of fused-ring (bicyclic) bond motifs is 4. The maximum Gasteiger partial charge on any atom is 0.264 e. The van der Waals surface area contributed by atoms with E-state index in [4.69, 9.17) is 0 Å². The second-order valence-corrected chi connectivity index (χ2v) is 7.15. The largest absolute Gasteiger partial charge is 0.287 e. The summed E-state index contributed by atoms with van der Waals surface area (Å²) in [7, 11) is 0. The molecule has 0 aliphatic carbocycles. The molecule has 142 valence electrons. The minimum absolute atomic E-state index is 0.155. The molecule has 0 unspecified atom stereocenters. The van der Waals surface area contributed by atoms with Crippen molar-refractivity contribution in [1.29, 1.82) is 0 Å². The van der Waals surface area contributed by atoms with Crippen LogP contribution in [0.2, 0.25) is 0 Å². The molecule has 6 heteroatoms. The molecule has 6 aromatic rings. The molecule has 0 fully saturated rings. The molecule has 30 heavy (non-hydrogen) atoms. The summed E-state index contributed by atoms with van der Waals surface area (Å²) in [5.41, 5.74) is 5.26. The van der Waals surface area contributed by atoms with Crippen LogP contribution >= 0.6 is 0 Å². The fourth-order valence-electron chi connectivity index (χ4n) is 4.08. The van der Waals surface area contributed by atoms with Gasteiger partial charge in [0.15, 0.2) is 0 Å². The minimum atomic E-state index is -0.231. The van der Waals surface area contributed by atoms with E-state index in [1.165, 1.54) is 6.07 Å². The molecule has 0 spiro atoms. The van der Waals surface area contributed by atoms with Crippen LogP contribution in [0.15, 0.2) is 93.6 Å². The van der Waals surface area contributed by atoms with Gasteiger partial charge in [-0.05, 0) is 36.4 Å². The van der Waals surface area contributed by atoms with Crippen LogP contribution in [0.4, 0.5) is 5.69 Å². The van der Waals surface area contributed by atoms with E-state index in [0.717, 1.165) is 11.2 Å². The van der Waals surface area contributed by atoms with Crippen LogP contribution in [0.1, 0.15) is 0 Å². The Morgan fingerprint density at radius 3 is 2.43 bits per heavy atom. The molecule has 0 saturated carbocycles. The highest BCUT2D eigenvalue weighted by molar-refractivity contribution is 6.15. The van der Waals surface area contributed by atoms with Crippen LogP contribution in [0.3, 0.4) is 0 Å². The third-order valence-electron chi connectivity index (χ3n) is 5.40. The van der Waals surface area contributed by atoms with Crippen LogP contribution in [-0.4, -0.2) is 9.38 Å². The first kappa shape index (κ1) is 16.6. The van der Waals surface area contributed by atoms with Crippen molar-refractivity contribution in [2.45, 2.75) is 0 Å². The summed E-state index contributed by atoms with van der Waals surface area (Å²) in [6, 6.07) is 23.8. The van der Waals surface area contributed by atoms with Gasteiger partial charge < -0.3 is 0 Å². The van der Waals surface area contributed by atoms with Gasteiger partial charge in [0.2, 0.25) is 5.43 Å². The average molecular weight is 390 g/mol. The monoisotopic (exact) mass is 390 g/mol. The van der Waals surface area contributed by atoms with Gasteiger partial charge in [0.25, 0.3) is 5.56 Å². The number of para-hydroxylation sites is 3. The zero-order valence-corrected chi connectivity index (χ0v) is 15.7. The van der Waals surface area contributed by atoms with Gasteiger partial charge in [-0.2, -0.15) is 5.10 Å². The Morgan fingerprint density at radius 2 is 1.57 bits per heavy atom. The summed E-state index contributed by atoms with van der Waals surface area (Å²) in [6.07, 6.45) is 0. The highest BCUT2D eigenvalue weighted by atomic mass is 16.1. The number of imidazole rings is 1. The summed E-state index contributed by atoms with van der Waals surface area (Å²) in [5.74, 6) is 0. The van der Waals surface area contributed by atoms with Crippen molar-refractivity contribution in [3.63, 3.8) is 0 Å². The Kier molecular flexibility index (Phi) is 3.37. The molecular formula is C24H14N4O2. The fraction of sp³-hybridized carbons (Fsp3) is 0. The number of rotatable bonds is 2. The predicted octanol–water partition coefficient (Wildman–Crippen LogP) is 3.32. The van der Waals surface area contributed by atoms with E-state index in [9.17, 15) is 9.59 Å². The minimum Gasteiger partial charge on any atom is -0.287 e. The first-order chi connectivity index (χ1) is 14.7. The Labute approximate surface area is 169 Å². The second-order valence-electron chi connectivity index (χ2n) is 7.15. The molecular weight excluding hydrogens is 376 g/mol. The molecule has 0 bridgehead atoms. The number of benzene rings is 4. The molecule has 4 aromatic carbocycles. The van der Waals surface area contributed by atoms with Gasteiger partial charge in [0.1, 0.15) is 11.0 Å². The van der Waals surface area contributed by atoms with Crippen LogP contribution in [0, 0.1) is 0 Å². The van der Waals surface area contributed by atoms with Gasteiger partial charge in [0, 0.05) is 21.5 Å². The topological polar surface area (TPSA) is 75.8 Å². The smallest absolute Gasteiger partial charge is 0.264 e. The van der Waals surface area contributed by atoms with Crippen LogP contribution in [0.25, 0.3) is 38.2 Å². The van der Waals surface area contributed by atoms with Crippen LogP contribution in [-0.2, 0) is 0 Å². The lowest BCUT2D eigenvalue weighted by Crippen LogP contribution is -2.27. The lowest BCUT2D eigenvalue weighted by Gasteiger charge is -2.07. The maximum atomic E-state index is 13.3. The number of hydrogen-bond acceptors (Lipinski definition) is 5. The van der Waals surface area contributed by atoms with E-state index < -0.39 is 0 Å². The molecule has 6 nitrogen and oxygen atoms in total. The highest BCUT2D eigenvalue weighted by Crippen LogP contribution is 2.26. The van der Waals surface area contributed by atoms with Crippen molar-refractivity contribution < 1.29 is 0 Å². The standard InChI is InChI=1S/C24H14N4O2/c29-20-13-17-21-15(22(20)27-26-14-7-2-1-3-8-14)9-6-10-16(21)24(30)28-19-12-5-4-11-18(19)25-23(17)28/h1-13,26H/b27-22+. The van der Waals surface area contributed by atoms with E-state index >= 15 is 0 Å². The molecule has 0 aliphatic heterocycles. The Morgan fingerprint density at radius 1 is 0.800 bits per heavy atom. The summed E-state index contributed by atoms with van der Waals surface area (Å²) in [5, 5.41) is 7.17. The lowest BCUT2D eigenvalue weighted by atomic mass is 10.0. The molecule has 2 aromatic heterocycles. The van der Waals surface area contributed by atoms with Crippen molar-refractivity contribution in [3.8, 4) is 0 Å². The zero-order chi connectivity index (χ0) is 20.2. The van der Waals surface area contributed by atoms with Gasteiger partial charge in [-0.1, -0.05) is 42.5 Å². The van der Waals surface area contributed by atoms with Crippen molar-refractivity contribution in [1.82, 2.24) is 9.38 Å². The summed E-state index contributed by atoms with van der Waals surface area (Å²) in [4.78, 5) is 31.0. The van der Waals surface area contributed by atoms with E-state index in [1.54, 1.807) is 16.5 Å². The van der Waals surface area contributed by atoms with Crippen molar-refractivity contribution in [2.24, 2.45) is 5.10 Å². The third-order valence-corrected chi connectivity index (χ3v) is 5.40. The van der Waals surface area contributed by atoms with E-state index in [2.05, 4.69) is 15.5 Å². The zero-order valence-electron chi connectivity index (χ0n) is 15.7. The predicted molar refractivity (Wildman–Crippen MR) is 118 cm³/mol. The van der Waals surface area contributed by atoms with E-state index in [1.807, 2.05) is 60.7 Å². The fourth-order valence-corrected chi connectivity index (χ4v) is 4.08. The van der Waals surface area contributed by atoms with Crippen molar-refractivity contribution in [2.75, 3.05) is 5.43 Å². The molecule has 6 rings (SSSR count). The Bertz CT molecular complexity index is 1760. The SMILES string of the molecule is O=c1cc2c3c(cccc3/c1=N\Nc1ccccc1)c(=O)n1c3ccccc3nc21. The molecule has 1 N–H and O–H groups in total. The molecule has 0 atom stereocenters. The Balaban J connectivity index is 1.77. The number of anilines is 1. The van der Waals surface area contributed by atoms with Crippen molar-refractivity contribution >= 4 is 43.9 Å². The summed E-state index contributed by atoms with van der Waals surface area (Å²) >= 11 is 0. The third kappa shape index (κ3) is 2.24. The van der Waals surface area contributed by atoms with Gasteiger partial charge in [0.05, 0.1) is 16.7 Å². The second kappa shape index (κ2) is 6.09. The maximum absolute atomic E-state index is 13.3. The first-order valence-corrected chi connectivity index (χ1v) is 9.53. The number of hydrogen-bond donors (Lipinski definition) is 1. The number of nitrogens with one attached hydrogen (secondary N) is 1. The Hall–Kier alpha value is -4.32. The molecule has 2 heterocycles. The molecule has 0 saturated heterocycles. The van der Waals surface area contributed by atoms with Gasteiger partial charge in [-0.15, -0.1) is 0 Å².